The van der Waals surface area contributed by atoms with Crippen molar-refractivity contribution >= 4 is 17.5 Å². The van der Waals surface area contributed by atoms with Crippen molar-refractivity contribution in [1.29, 1.82) is 0 Å². The monoisotopic (exact) mass is 299 g/mol. The van der Waals surface area contributed by atoms with Gasteiger partial charge in [0.2, 0.25) is 0 Å². The molecule has 1 aromatic carbocycles. The van der Waals surface area contributed by atoms with Crippen molar-refractivity contribution in [3.8, 4) is 11.5 Å². The minimum absolute atomic E-state index is 0.156. The average molecular weight is 300 g/mol. The van der Waals surface area contributed by atoms with Gasteiger partial charge in [-0.2, -0.15) is 0 Å². The number of halogens is 1. The van der Waals surface area contributed by atoms with Crippen LogP contribution in [-0.2, 0) is 0 Å². The van der Waals surface area contributed by atoms with Crippen molar-refractivity contribution in [3.05, 3.63) is 22.7 Å². The molecule has 5 heteroatoms. The summed E-state index contributed by atoms with van der Waals surface area (Å²) < 4.78 is 11.1. The number of hydrogen-bond donors (Lipinski definition) is 1. The summed E-state index contributed by atoms with van der Waals surface area (Å²) in [7, 11) is 0. The number of carbonyl (C=O) groups excluding carboxylic acids is 1. The highest BCUT2D eigenvalue weighted by Gasteiger charge is 2.15. The number of amides is 1. The van der Waals surface area contributed by atoms with Crippen LogP contribution >= 0.6 is 11.6 Å². The number of benzene rings is 1. The van der Waals surface area contributed by atoms with Gasteiger partial charge < -0.3 is 14.8 Å². The van der Waals surface area contributed by atoms with Gasteiger partial charge in [-0.3, -0.25) is 4.79 Å². The van der Waals surface area contributed by atoms with E-state index in [-0.39, 0.29) is 5.91 Å². The molecule has 0 aliphatic rings. The van der Waals surface area contributed by atoms with E-state index in [1.54, 1.807) is 12.1 Å². The van der Waals surface area contributed by atoms with Crippen LogP contribution in [0.3, 0.4) is 0 Å². The second kappa shape index (κ2) is 8.69. The van der Waals surface area contributed by atoms with E-state index >= 15 is 0 Å². The topological polar surface area (TPSA) is 47.6 Å². The Morgan fingerprint density at radius 1 is 1.20 bits per heavy atom. The summed E-state index contributed by atoms with van der Waals surface area (Å²) >= 11 is 6.20. The van der Waals surface area contributed by atoms with Crippen molar-refractivity contribution < 1.29 is 14.3 Å². The normalized spacial score (nSPS) is 10.2. The number of carbonyl (C=O) groups is 1. The lowest BCUT2D eigenvalue weighted by Gasteiger charge is -2.14. The summed E-state index contributed by atoms with van der Waals surface area (Å²) in [4.78, 5) is 12.0. The van der Waals surface area contributed by atoms with E-state index in [4.69, 9.17) is 21.1 Å². The van der Waals surface area contributed by atoms with Gasteiger partial charge in [0.05, 0.1) is 18.2 Å². The van der Waals surface area contributed by atoms with E-state index < -0.39 is 0 Å². The van der Waals surface area contributed by atoms with Gasteiger partial charge in [-0.25, -0.2) is 0 Å². The molecule has 0 fully saturated rings. The van der Waals surface area contributed by atoms with Gasteiger partial charge in [0, 0.05) is 12.1 Å². The molecular formula is C15H22ClNO3. The first-order valence-corrected chi connectivity index (χ1v) is 7.39. The molecule has 0 aliphatic heterocycles. The minimum atomic E-state index is -0.156. The number of ether oxygens (including phenoxy) is 2. The van der Waals surface area contributed by atoms with Gasteiger partial charge in [0.1, 0.15) is 0 Å². The van der Waals surface area contributed by atoms with E-state index in [2.05, 4.69) is 5.32 Å². The van der Waals surface area contributed by atoms with Crippen molar-refractivity contribution in [3.63, 3.8) is 0 Å². The lowest BCUT2D eigenvalue weighted by Crippen LogP contribution is -2.24. The first-order chi connectivity index (χ1) is 9.63. The maximum atomic E-state index is 12.0. The van der Waals surface area contributed by atoms with Gasteiger partial charge in [-0.05, 0) is 31.9 Å². The molecule has 1 amide bonds. The van der Waals surface area contributed by atoms with E-state index in [1.807, 2.05) is 20.8 Å². The molecule has 0 aliphatic carbocycles. The molecule has 0 bridgehead atoms. The van der Waals surface area contributed by atoms with E-state index in [0.29, 0.717) is 41.8 Å². The molecule has 20 heavy (non-hydrogen) atoms. The Morgan fingerprint density at radius 3 is 2.55 bits per heavy atom. The lowest BCUT2D eigenvalue weighted by atomic mass is 10.2. The average Bonchev–Trinajstić information content (AvgIpc) is 2.44. The second-order valence-corrected chi connectivity index (χ2v) is 4.73. The molecule has 0 saturated heterocycles. The zero-order valence-corrected chi connectivity index (χ0v) is 13.0. The van der Waals surface area contributed by atoms with Crippen molar-refractivity contribution in [2.75, 3.05) is 19.8 Å². The molecule has 1 aromatic rings. The zero-order chi connectivity index (χ0) is 15.0. The van der Waals surface area contributed by atoms with Crippen LogP contribution in [0.25, 0.3) is 0 Å². The summed E-state index contributed by atoms with van der Waals surface area (Å²) in [6.45, 7) is 7.57. The summed E-state index contributed by atoms with van der Waals surface area (Å²) in [5, 5.41) is 3.21. The molecule has 0 unspecified atom stereocenters. The van der Waals surface area contributed by atoms with Crippen LogP contribution in [0.15, 0.2) is 12.1 Å². The first kappa shape index (κ1) is 16.6. The summed E-state index contributed by atoms with van der Waals surface area (Å²) in [6.07, 6.45) is 1.76. The van der Waals surface area contributed by atoms with Crippen LogP contribution in [0.2, 0.25) is 5.02 Å². The smallest absolute Gasteiger partial charge is 0.251 e. The highest BCUT2D eigenvalue weighted by molar-refractivity contribution is 6.32. The molecule has 0 atom stereocenters. The van der Waals surface area contributed by atoms with E-state index in [1.165, 1.54) is 0 Å². The molecule has 0 saturated carbocycles. The first-order valence-electron chi connectivity index (χ1n) is 7.01. The van der Waals surface area contributed by atoms with Crippen LogP contribution in [0.5, 0.6) is 11.5 Å². The minimum Gasteiger partial charge on any atom is -0.490 e. The molecule has 4 nitrogen and oxygen atoms in total. The predicted molar refractivity (Wildman–Crippen MR) is 81.0 cm³/mol. The molecule has 0 radical (unpaired) electrons. The van der Waals surface area contributed by atoms with Crippen molar-refractivity contribution in [1.82, 2.24) is 5.32 Å². The Balaban J connectivity index is 3.02. The van der Waals surface area contributed by atoms with Crippen LogP contribution < -0.4 is 14.8 Å². The Labute approximate surface area is 125 Å². The molecule has 112 valence electrons. The Bertz CT molecular complexity index is 449. The van der Waals surface area contributed by atoms with Gasteiger partial charge in [-0.1, -0.05) is 25.4 Å². The Kier molecular flexibility index (Phi) is 7.23. The second-order valence-electron chi connectivity index (χ2n) is 4.32. The van der Waals surface area contributed by atoms with Crippen LogP contribution in [0.4, 0.5) is 0 Å². The lowest BCUT2D eigenvalue weighted by molar-refractivity contribution is 0.0953. The highest BCUT2D eigenvalue weighted by atomic mass is 35.5. The Morgan fingerprint density at radius 2 is 1.95 bits per heavy atom. The van der Waals surface area contributed by atoms with Gasteiger partial charge >= 0.3 is 0 Å². The molecule has 0 heterocycles. The number of hydrogen-bond acceptors (Lipinski definition) is 3. The SMILES string of the molecule is CCCNC(=O)c1cc(Cl)c(OCCC)c(OCC)c1. The summed E-state index contributed by atoms with van der Waals surface area (Å²) in [5.74, 6) is 0.856. The van der Waals surface area contributed by atoms with Crippen molar-refractivity contribution in [2.45, 2.75) is 33.6 Å². The molecule has 1 N–H and O–H groups in total. The largest absolute Gasteiger partial charge is 0.490 e. The van der Waals surface area contributed by atoms with E-state index in [9.17, 15) is 4.79 Å². The third kappa shape index (κ3) is 4.60. The van der Waals surface area contributed by atoms with Crippen LogP contribution in [0, 0.1) is 0 Å². The zero-order valence-electron chi connectivity index (χ0n) is 12.3. The molecule has 1 rings (SSSR count). The standard InChI is InChI=1S/C15H22ClNO3/c1-4-7-17-15(18)11-9-12(16)14(20-8-5-2)13(10-11)19-6-3/h9-10H,4-8H2,1-3H3,(H,17,18). The van der Waals surface area contributed by atoms with Crippen molar-refractivity contribution in [2.24, 2.45) is 0 Å². The fourth-order valence-electron chi connectivity index (χ4n) is 1.65. The van der Waals surface area contributed by atoms with Gasteiger partial charge in [-0.15, -0.1) is 0 Å². The van der Waals surface area contributed by atoms with Gasteiger partial charge in [0.15, 0.2) is 11.5 Å². The highest BCUT2D eigenvalue weighted by Crippen LogP contribution is 2.36. The predicted octanol–water partition coefficient (Wildman–Crippen LogP) is 3.67. The third-order valence-corrected chi connectivity index (χ3v) is 2.84. The fraction of sp³-hybridized carbons (Fsp3) is 0.533. The van der Waals surface area contributed by atoms with Gasteiger partial charge in [0.25, 0.3) is 5.91 Å². The van der Waals surface area contributed by atoms with Crippen LogP contribution in [-0.4, -0.2) is 25.7 Å². The maximum Gasteiger partial charge on any atom is 0.251 e. The van der Waals surface area contributed by atoms with Crippen LogP contribution in [0.1, 0.15) is 44.0 Å². The van der Waals surface area contributed by atoms with E-state index in [0.717, 1.165) is 12.8 Å². The maximum absolute atomic E-state index is 12.0. The fourth-order valence-corrected chi connectivity index (χ4v) is 1.91. The summed E-state index contributed by atoms with van der Waals surface area (Å²) in [6, 6.07) is 3.28. The summed E-state index contributed by atoms with van der Waals surface area (Å²) in [5.41, 5.74) is 0.482. The number of rotatable bonds is 8. The third-order valence-electron chi connectivity index (χ3n) is 2.56. The molecular weight excluding hydrogens is 278 g/mol. The Hall–Kier alpha value is -1.42. The number of nitrogens with one attached hydrogen (secondary N) is 1. The molecule has 0 aromatic heterocycles. The molecule has 0 spiro atoms. The quantitative estimate of drug-likeness (QED) is 0.797.